The lowest BCUT2D eigenvalue weighted by Gasteiger charge is -2.05. The van der Waals surface area contributed by atoms with Crippen LogP contribution in [-0.2, 0) is 11.5 Å². The summed E-state index contributed by atoms with van der Waals surface area (Å²) in [6.07, 6.45) is 10.9. The van der Waals surface area contributed by atoms with Crippen LogP contribution in [0.3, 0.4) is 0 Å². The Kier molecular flexibility index (Phi) is 13.1. The predicted octanol–water partition coefficient (Wildman–Crippen LogP) is 6.71. The lowest BCUT2D eigenvalue weighted by Crippen LogP contribution is -1.94. The molecule has 3 heteroatoms. The first-order valence-electron chi connectivity index (χ1n) is 8.97. The molecule has 0 aromatic carbocycles. The van der Waals surface area contributed by atoms with Gasteiger partial charge in [-0.05, 0) is 36.5 Å². The van der Waals surface area contributed by atoms with E-state index in [0.29, 0.717) is 0 Å². The number of pyridine rings is 1. The number of unbranched alkanes of at least 4 members (excludes halogenated alkanes) is 6. The molecule has 0 aliphatic heterocycles. The van der Waals surface area contributed by atoms with Gasteiger partial charge in [-0.25, -0.2) is 0 Å². The molecule has 1 nitrogen and oxygen atoms in total. The SMILES string of the molecule is CCCCCCSCc1cccc(CSCCCCCC)n1. The van der Waals surface area contributed by atoms with Crippen molar-refractivity contribution in [3.05, 3.63) is 29.6 Å². The summed E-state index contributed by atoms with van der Waals surface area (Å²) in [5.41, 5.74) is 2.51. The molecule has 1 rings (SSSR count). The van der Waals surface area contributed by atoms with Gasteiger partial charge in [0.1, 0.15) is 0 Å². The number of nitrogens with zero attached hydrogens (tertiary/aromatic N) is 1. The van der Waals surface area contributed by atoms with E-state index in [1.165, 1.54) is 74.3 Å². The van der Waals surface area contributed by atoms with Gasteiger partial charge >= 0.3 is 0 Å². The maximum atomic E-state index is 4.80. The van der Waals surface area contributed by atoms with Crippen molar-refractivity contribution in [2.75, 3.05) is 11.5 Å². The van der Waals surface area contributed by atoms with Crippen LogP contribution in [-0.4, -0.2) is 16.5 Å². The van der Waals surface area contributed by atoms with E-state index in [-0.39, 0.29) is 0 Å². The van der Waals surface area contributed by atoms with Gasteiger partial charge < -0.3 is 0 Å². The van der Waals surface area contributed by atoms with Gasteiger partial charge in [-0.1, -0.05) is 58.4 Å². The van der Waals surface area contributed by atoms with E-state index in [4.69, 9.17) is 4.98 Å². The van der Waals surface area contributed by atoms with E-state index in [1.807, 2.05) is 23.5 Å². The summed E-state index contributed by atoms with van der Waals surface area (Å²) in [6.45, 7) is 4.54. The normalized spacial score (nSPS) is 11.0. The number of hydrogen-bond acceptors (Lipinski definition) is 3. The molecule has 0 unspecified atom stereocenters. The monoisotopic (exact) mass is 339 g/mol. The van der Waals surface area contributed by atoms with Crippen LogP contribution in [0.25, 0.3) is 0 Å². The summed E-state index contributed by atoms with van der Waals surface area (Å²) in [4.78, 5) is 4.80. The molecular formula is C19H33NS2. The van der Waals surface area contributed by atoms with Crippen LogP contribution < -0.4 is 0 Å². The summed E-state index contributed by atoms with van der Waals surface area (Å²) in [5, 5.41) is 0. The summed E-state index contributed by atoms with van der Waals surface area (Å²) in [7, 11) is 0. The fourth-order valence-electron chi connectivity index (χ4n) is 2.31. The van der Waals surface area contributed by atoms with Crippen molar-refractivity contribution in [1.82, 2.24) is 4.98 Å². The maximum Gasteiger partial charge on any atom is 0.0506 e. The number of hydrogen-bond donors (Lipinski definition) is 0. The molecule has 0 atom stereocenters. The molecule has 0 bridgehead atoms. The van der Waals surface area contributed by atoms with E-state index in [9.17, 15) is 0 Å². The van der Waals surface area contributed by atoms with Gasteiger partial charge in [0.15, 0.2) is 0 Å². The summed E-state index contributed by atoms with van der Waals surface area (Å²) < 4.78 is 0. The zero-order valence-electron chi connectivity index (χ0n) is 14.5. The topological polar surface area (TPSA) is 12.9 Å². The van der Waals surface area contributed by atoms with Crippen LogP contribution in [0, 0.1) is 0 Å². The second kappa shape index (κ2) is 14.4. The largest absolute Gasteiger partial charge is 0.256 e. The molecule has 0 amide bonds. The molecule has 0 spiro atoms. The first-order valence-corrected chi connectivity index (χ1v) is 11.3. The molecule has 0 radical (unpaired) electrons. The second-order valence-corrected chi connectivity index (χ2v) is 8.06. The average Bonchev–Trinajstić information content (AvgIpc) is 2.54. The van der Waals surface area contributed by atoms with Crippen molar-refractivity contribution >= 4 is 23.5 Å². The first kappa shape index (κ1) is 19.9. The number of aromatic nitrogens is 1. The zero-order valence-corrected chi connectivity index (χ0v) is 16.1. The Balaban J connectivity index is 2.13. The Bertz CT molecular complexity index is 337. The molecule has 0 N–H and O–H groups in total. The van der Waals surface area contributed by atoms with Gasteiger partial charge in [-0.2, -0.15) is 23.5 Å². The molecule has 1 aromatic rings. The highest BCUT2D eigenvalue weighted by molar-refractivity contribution is 7.98. The van der Waals surface area contributed by atoms with Gasteiger partial charge in [0.2, 0.25) is 0 Å². The maximum absolute atomic E-state index is 4.80. The highest BCUT2D eigenvalue weighted by Gasteiger charge is 2.00. The Morgan fingerprint density at radius 2 is 1.23 bits per heavy atom. The highest BCUT2D eigenvalue weighted by atomic mass is 32.2. The zero-order chi connectivity index (χ0) is 15.9. The van der Waals surface area contributed by atoms with Crippen LogP contribution in [0.4, 0.5) is 0 Å². The van der Waals surface area contributed by atoms with Gasteiger partial charge in [-0.3, -0.25) is 4.98 Å². The summed E-state index contributed by atoms with van der Waals surface area (Å²) in [6, 6.07) is 6.52. The quantitative estimate of drug-likeness (QED) is 0.350. The molecule has 22 heavy (non-hydrogen) atoms. The van der Waals surface area contributed by atoms with Gasteiger partial charge in [0.25, 0.3) is 0 Å². The standard InChI is InChI=1S/C19H33NS2/c1-3-5-7-9-14-21-16-18-12-11-13-19(20-18)17-22-15-10-8-6-4-2/h11-13H,3-10,14-17H2,1-2H3. The van der Waals surface area contributed by atoms with E-state index < -0.39 is 0 Å². The van der Waals surface area contributed by atoms with E-state index >= 15 is 0 Å². The summed E-state index contributed by atoms with van der Waals surface area (Å²) >= 11 is 4.07. The van der Waals surface area contributed by atoms with E-state index in [1.54, 1.807) is 0 Å². The number of thioether (sulfide) groups is 2. The fourth-order valence-corrected chi connectivity index (χ4v) is 4.15. The van der Waals surface area contributed by atoms with Crippen molar-refractivity contribution in [2.24, 2.45) is 0 Å². The predicted molar refractivity (Wildman–Crippen MR) is 105 cm³/mol. The average molecular weight is 340 g/mol. The minimum Gasteiger partial charge on any atom is -0.256 e. The molecule has 0 aliphatic rings. The molecule has 126 valence electrons. The lowest BCUT2D eigenvalue weighted by molar-refractivity contribution is 0.706. The van der Waals surface area contributed by atoms with Crippen molar-refractivity contribution < 1.29 is 0 Å². The van der Waals surface area contributed by atoms with E-state index in [0.717, 1.165) is 11.5 Å². The Hall–Kier alpha value is -0.150. The van der Waals surface area contributed by atoms with Crippen LogP contribution >= 0.6 is 23.5 Å². The van der Waals surface area contributed by atoms with Gasteiger partial charge in [0.05, 0.1) is 11.4 Å². The van der Waals surface area contributed by atoms with Crippen LogP contribution in [0.1, 0.15) is 76.6 Å². The third-order valence-corrected chi connectivity index (χ3v) is 5.80. The lowest BCUT2D eigenvalue weighted by atomic mass is 10.2. The molecule has 0 saturated carbocycles. The van der Waals surface area contributed by atoms with E-state index in [2.05, 4.69) is 32.0 Å². The Labute approximate surface area is 146 Å². The minimum absolute atomic E-state index is 1.07. The first-order chi connectivity index (χ1) is 10.9. The molecule has 1 aromatic heterocycles. The van der Waals surface area contributed by atoms with Crippen molar-refractivity contribution in [3.63, 3.8) is 0 Å². The number of rotatable bonds is 14. The van der Waals surface area contributed by atoms with Gasteiger partial charge in [0, 0.05) is 11.5 Å². The molecule has 0 fully saturated rings. The third-order valence-electron chi connectivity index (χ3n) is 3.65. The van der Waals surface area contributed by atoms with Crippen LogP contribution in [0.5, 0.6) is 0 Å². The summed E-state index contributed by atoms with van der Waals surface area (Å²) in [5.74, 6) is 4.69. The third kappa shape index (κ3) is 10.6. The Morgan fingerprint density at radius 3 is 1.68 bits per heavy atom. The molecule has 0 aliphatic carbocycles. The fraction of sp³-hybridized carbons (Fsp3) is 0.737. The molecule has 1 heterocycles. The van der Waals surface area contributed by atoms with Crippen molar-refractivity contribution in [1.29, 1.82) is 0 Å². The smallest absolute Gasteiger partial charge is 0.0506 e. The minimum atomic E-state index is 1.07. The van der Waals surface area contributed by atoms with Crippen molar-refractivity contribution in [2.45, 2.75) is 76.7 Å². The second-order valence-electron chi connectivity index (χ2n) is 5.85. The van der Waals surface area contributed by atoms with Crippen molar-refractivity contribution in [3.8, 4) is 0 Å². The molecular weight excluding hydrogens is 306 g/mol. The van der Waals surface area contributed by atoms with Gasteiger partial charge in [-0.15, -0.1) is 0 Å². The van der Waals surface area contributed by atoms with Crippen LogP contribution in [0.2, 0.25) is 0 Å². The van der Waals surface area contributed by atoms with Crippen LogP contribution in [0.15, 0.2) is 18.2 Å². The highest BCUT2D eigenvalue weighted by Crippen LogP contribution is 2.17. The molecule has 0 saturated heterocycles. The Morgan fingerprint density at radius 1 is 0.727 bits per heavy atom.